The van der Waals surface area contributed by atoms with Crippen molar-refractivity contribution in [2.75, 3.05) is 21.2 Å². The molecule has 1 heterocycles. The number of carbonyl (C=O) groups is 1. The van der Waals surface area contributed by atoms with Gasteiger partial charge in [0.25, 0.3) is 0 Å². The summed E-state index contributed by atoms with van der Waals surface area (Å²) in [7, 11) is 5.05. The molecule has 0 bridgehead atoms. The highest BCUT2D eigenvalue weighted by Gasteiger charge is 2.23. The van der Waals surface area contributed by atoms with E-state index in [0.717, 1.165) is 15.7 Å². The molecule has 152 valence electrons. The molecule has 1 atom stereocenters. The quantitative estimate of drug-likeness (QED) is 0.454. The number of carbonyl (C=O) groups excluding carboxylic acids is 1. The molecule has 0 aliphatic rings. The molecule has 1 amide bonds. The lowest BCUT2D eigenvalue weighted by Crippen LogP contribution is -2.29. The number of ether oxygens (including phenoxy) is 1. The molecular weight excluding hydrogens is 476 g/mol. The van der Waals surface area contributed by atoms with Crippen molar-refractivity contribution in [1.82, 2.24) is 19.7 Å². The van der Waals surface area contributed by atoms with Crippen molar-refractivity contribution in [3.8, 4) is 22.8 Å². The van der Waals surface area contributed by atoms with Gasteiger partial charge in [-0.3, -0.25) is 9.36 Å². The lowest BCUT2D eigenvalue weighted by atomic mass is 10.2. The van der Waals surface area contributed by atoms with Crippen LogP contribution in [0.3, 0.4) is 0 Å². The van der Waals surface area contributed by atoms with Gasteiger partial charge in [0.1, 0.15) is 5.75 Å². The minimum absolute atomic E-state index is 0.00232. The second-order valence-electron chi connectivity index (χ2n) is 6.46. The monoisotopic (exact) mass is 494 g/mol. The predicted molar refractivity (Wildman–Crippen MR) is 120 cm³/mol. The molecule has 9 heteroatoms. The molecule has 3 aromatic rings. The fraction of sp³-hybridized carbons (Fsp3) is 0.250. The lowest BCUT2D eigenvalue weighted by Gasteiger charge is -2.17. The summed E-state index contributed by atoms with van der Waals surface area (Å²) in [6.07, 6.45) is 0. The molecule has 29 heavy (non-hydrogen) atoms. The van der Waals surface area contributed by atoms with E-state index in [9.17, 15) is 4.79 Å². The van der Waals surface area contributed by atoms with Gasteiger partial charge in [-0.1, -0.05) is 51.4 Å². The number of halogens is 2. The minimum Gasteiger partial charge on any atom is -0.495 e. The van der Waals surface area contributed by atoms with E-state index in [2.05, 4.69) is 26.1 Å². The molecule has 0 fully saturated rings. The van der Waals surface area contributed by atoms with Gasteiger partial charge in [0.2, 0.25) is 5.91 Å². The zero-order chi connectivity index (χ0) is 21.1. The van der Waals surface area contributed by atoms with Crippen LogP contribution in [-0.2, 0) is 4.79 Å². The first-order chi connectivity index (χ1) is 13.8. The van der Waals surface area contributed by atoms with Gasteiger partial charge in [-0.2, -0.15) is 0 Å². The largest absolute Gasteiger partial charge is 0.495 e. The third-order valence-electron chi connectivity index (χ3n) is 4.20. The van der Waals surface area contributed by atoms with Crippen molar-refractivity contribution in [2.45, 2.75) is 17.3 Å². The van der Waals surface area contributed by atoms with E-state index in [4.69, 9.17) is 16.3 Å². The van der Waals surface area contributed by atoms with Gasteiger partial charge < -0.3 is 9.64 Å². The molecule has 1 aromatic heterocycles. The van der Waals surface area contributed by atoms with E-state index in [1.807, 2.05) is 41.8 Å². The molecule has 1 unspecified atom stereocenters. The number of aromatic nitrogens is 3. The standard InChI is InChI=1S/C20H20BrClN4O2S/c1-12(19(27)25(2)3)29-20-24-23-18(13-5-7-14(21)8-6-13)26(20)15-9-10-17(28-4)16(22)11-15/h5-12H,1-4H3. The van der Waals surface area contributed by atoms with Crippen molar-refractivity contribution in [2.24, 2.45) is 0 Å². The molecule has 6 nitrogen and oxygen atoms in total. The van der Waals surface area contributed by atoms with E-state index >= 15 is 0 Å². The number of benzene rings is 2. The highest BCUT2D eigenvalue weighted by atomic mass is 79.9. The summed E-state index contributed by atoms with van der Waals surface area (Å²) in [5, 5.41) is 9.53. The Morgan fingerprint density at radius 1 is 1.21 bits per heavy atom. The van der Waals surface area contributed by atoms with Crippen LogP contribution in [0, 0.1) is 0 Å². The third kappa shape index (κ3) is 4.76. The number of hydrogen-bond donors (Lipinski definition) is 0. The van der Waals surface area contributed by atoms with E-state index in [1.165, 1.54) is 11.8 Å². The summed E-state index contributed by atoms with van der Waals surface area (Å²) in [6.45, 7) is 1.85. The fourth-order valence-electron chi connectivity index (χ4n) is 2.73. The zero-order valence-electron chi connectivity index (χ0n) is 16.4. The number of hydrogen-bond acceptors (Lipinski definition) is 5. The van der Waals surface area contributed by atoms with E-state index in [0.29, 0.717) is 21.8 Å². The average molecular weight is 496 g/mol. The Morgan fingerprint density at radius 3 is 2.48 bits per heavy atom. The maximum absolute atomic E-state index is 12.4. The van der Waals surface area contributed by atoms with Gasteiger partial charge in [-0.05, 0) is 37.3 Å². The molecule has 0 aliphatic heterocycles. The highest BCUT2D eigenvalue weighted by molar-refractivity contribution is 9.10. The summed E-state index contributed by atoms with van der Waals surface area (Å²) in [5.41, 5.74) is 1.68. The van der Waals surface area contributed by atoms with Crippen molar-refractivity contribution in [3.63, 3.8) is 0 Å². The first-order valence-electron chi connectivity index (χ1n) is 8.75. The Hall–Kier alpha value is -2.03. The van der Waals surface area contributed by atoms with Crippen LogP contribution in [0.25, 0.3) is 17.1 Å². The molecule has 0 radical (unpaired) electrons. The molecule has 0 saturated carbocycles. The van der Waals surface area contributed by atoms with Crippen LogP contribution < -0.4 is 4.74 Å². The van der Waals surface area contributed by atoms with Gasteiger partial charge in [0.15, 0.2) is 11.0 Å². The van der Waals surface area contributed by atoms with Crippen LogP contribution in [0.15, 0.2) is 52.1 Å². The van der Waals surface area contributed by atoms with E-state index in [-0.39, 0.29) is 11.2 Å². The highest BCUT2D eigenvalue weighted by Crippen LogP contribution is 2.34. The van der Waals surface area contributed by atoms with Gasteiger partial charge in [0, 0.05) is 24.1 Å². The topological polar surface area (TPSA) is 60.2 Å². The van der Waals surface area contributed by atoms with Gasteiger partial charge in [0.05, 0.1) is 23.1 Å². The van der Waals surface area contributed by atoms with Crippen molar-refractivity contribution < 1.29 is 9.53 Å². The first kappa shape index (κ1) is 21.7. The average Bonchev–Trinajstić information content (AvgIpc) is 3.11. The Balaban J connectivity index is 2.11. The number of nitrogens with zero attached hydrogens (tertiary/aromatic N) is 4. The van der Waals surface area contributed by atoms with Gasteiger partial charge in [-0.15, -0.1) is 10.2 Å². The Labute approximate surface area is 187 Å². The van der Waals surface area contributed by atoms with Crippen molar-refractivity contribution in [1.29, 1.82) is 0 Å². The zero-order valence-corrected chi connectivity index (χ0v) is 19.5. The Morgan fingerprint density at radius 2 is 1.90 bits per heavy atom. The summed E-state index contributed by atoms with van der Waals surface area (Å²) >= 11 is 11.2. The van der Waals surface area contributed by atoms with Gasteiger partial charge >= 0.3 is 0 Å². The number of rotatable bonds is 6. The molecule has 0 aliphatic carbocycles. The first-order valence-corrected chi connectivity index (χ1v) is 10.8. The van der Waals surface area contributed by atoms with Crippen LogP contribution in [0.5, 0.6) is 5.75 Å². The number of amides is 1. The number of methoxy groups -OCH3 is 1. The van der Waals surface area contributed by atoms with Gasteiger partial charge in [-0.25, -0.2) is 0 Å². The summed E-state index contributed by atoms with van der Waals surface area (Å²) < 4.78 is 8.14. The second kappa shape index (κ2) is 9.19. The summed E-state index contributed by atoms with van der Waals surface area (Å²) in [6, 6.07) is 13.3. The maximum atomic E-state index is 12.4. The Kier molecular flexibility index (Phi) is 6.87. The SMILES string of the molecule is COc1ccc(-n2c(SC(C)C(=O)N(C)C)nnc2-c2ccc(Br)cc2)cc1Cl. The predicted octanol–water partition coefficient (Wildman–Crippen LogP) is 4.93. The van der Waals surface area contributed by atoms with Crippen LogP contribution >= 0.6 is 39.3 Å². The normalized spacial score (nSPS) is 11.9. The molecule has 3 rings (SSSR count). The Bertz CT molecular complexity index is 1020. The van der Waals surface area contributed by atoms with Crippen molar-refractivity contribution >= 4 is 45.2 Å². The fourth-order valence-corrected chi connectivity index (χ4v) is 4.26. The third-order valence-corrected chi connectivity index (χ3v) is 6.05. The molecule has 0 saturated heterocycles. The van der Waals surface area contributed by atoms with Crippen LogP contribution in [0.2, 0.25) is 5.02 Å². The van der Waals surface area contributed by atoms with Crippen LogP contribution in [0.4, 0.5) is 0 Å². The maximum Gasteiger partial charge on any atom is 0.235 e. The molecule has 0 N–H and O–H groups in total. The van der Waals surface area contributed by atoms with E-state index in [1.54, 1.807) is 38.2 Å². The number of thioether (sulfide) groups is 1. The van der Waals surface area contributed by atoms with E-state index < -0.39 is 0 Å². The van der Waals surface area contributed by atoms with Crippen LogP contribution in [-0.4, -0.2) is 52.0 Å². The smallest absolute Gasteiger partial charge is 0.235 e. The lowest BCUT2D eigenvalue weighted by molar-refractivity contribution is -0.127. The molecular formula is C20H20BrClN4O2S. The van der Waals surface area contributed by atoms with Crippen LogP contribution in [0.1, 0.15) is 6.92 Å². The minimum atomic E-state index is -0.320. The summed E-state index contributed by atoms with van der Waals surface area (Å²) in [4.78, 5) is 13.9. The molecule has 0 spiro atoms. The second-order valence-corrected chi connectivity index (χ2v) is 9.09. The van der Waals surface area contributed by atoms with Crippen molar-refractivity contribution in [3.05, 3.63) is 52.0 Å². The summed E-state index contributed by atoms with van der Waals surface area (Å²) in [5.74, 6) is 1.24. The molecule has 2 aromatic carbocycles.